The van der Waals surface area contributed by atoms with Gasteiger partial charge in [0.05, 0.1) is 22.8 Å². The van der Waals surface area contributed by atoms with E-state index >= 15 is 0 Å². The number of anilines is 2. The van der Waals surface area contributed by atoms with Gasteiger partial charge in [-0.15, -0.1) is 11.3 Å². The van der Waals surface area contributed by atoms with Gasteiger partial charge in [0.25, 0.3) is 11.6 Å². The van der Waals surface area contributed by atoms with Gasteiger partial charge in [-0.25, -0.2) is 4.98 Å². The number of hydrogen-bond acceptors (Lipinski definition) is 7. The lowest BCUT2D eigenvalue weighted by Crippen LogP contribution is -2.16. The van der Waals surface area contributed by atoms with Crippen LogP contribution in [0.1, 0.15) is 27.0 Å². The van der Waals surface area contributed by atoms with E-state index in [-0.39, 0.29) is 11.3 Å². The van der Waals surface area contributed by atoms with Crippen molar-refractivity contribution in [3.8, 4) is 11.3 Å². The van der Waals surface area contributed by atoms with Crippen molar-refractivity contribution in [3.05, 3.63) is 68.1 Å². The summed E-state index contributed by atoms with van der Waals surface area (Å²) in [5, 5.41) is 19.3. The third-order valence-corrected chi connectivity index (χ3v) is 5.50. The Kier molecular flexibility index (Phi) is 6.98. The molecule has 0 spiro atoms. The molecule has 0 saturated heterocycles. The number of thiazole rings is 1. The van der Waals surface area contributed by atoms with Crippen LogP contribution in [-0.2, 0) is 4.74 Å². The fourth-order valence-electron chi connectivity index (χ4n) is 3.47. The first-order valence-electron chi connectivity index (χ1n) is 9.66. The first kappa shape index (κ1) is 22.4. The lowest BCUT2D eigenvalue weighted by Gasteiger charge is -2.11. The second-order valence-electron chi connectivity index (χ2n) is 7.17. The molecule has 2 aromatic carbocycles. The molecule has 1 amide bonds. The minimum Gasteiger partial charge on any atom is -0.383 e. The third kappa shape index (κ3) is 5.25. The van der Waals surface area contributed by atoms with Crippen LogP contribution >= 0.6 is 11.3 Å². The highest BCUT2D eigenvalue weighted by molar-refractivity contribution is 7.14. The van der Waals surface area contributed by atoms with E-state index in [1.165, 1.54) is 35.1 Å². The Morgan fingerprint density at radius 2 is 1.90 bits per heavy atom. The number of nitrogens with one attached hydrogen (secondary N) is 2. The molecule has 0 aliphatic rings. The summed E-state index contributed by atoms with van der Waals surface area (Å²) in [5.41, 5.74) is 5.74. The number of nitro groups is 1. The van der Waals surface area contributed by atoms with Crippen LogP contribution in [0.5, 0.6) is 0 Å². The predicted molar refractivity (Wildman–Crippen MR) is 123 cm³/mol. The highest BCUT2D eigenvalue weighted by Gasteiger charge is 2.19. The maximum Gasteiger partial charge on any atom is 0.270 e. The van der Waals surface area contributed by atoms with Crippen molar-refractivity contribution in [2.75, 3.05) is 30.9 Å². The van der Waals surface area contributed by atoms with Gasteiger partial charge in [-0.3, -0.25) is 20.2 Å². The highest BCUT2D eigenvalue weighted by Crippen LogP contribution is 2.31. The number of methoxy groups -OCH3 is 1. The van der Waals surface area contributed by atoms with E-state index in [1.54, 1.807) is 7.11 Å². The van der Waals surface area contributed by atoms with E-state index in [0.29, 0.717) is 24.0 Å². The van der Waals surface area contributed by atoms with Crippen LogP contribution in [0, 0.1) is 30.9 Å². The number of nitro benzene ring substituents is 1. The van der Waals surface area contributed by atoms with Crippen molar-refractivity contribution in [2.45, 2.75) is 20.8 Å². The second kappa shape index (κ2) is 9.67. The lowest BCUT2D eigenvalue weighted by molar-refractivity contribution is -0.384. The number of benzene rings is 2. The molecule has 0 aliphatic carbocycles. The Labute approximate surface area is 184 Å². The molecule has 8 nitrogen and oxygen atoms in total. The molecule has 0 unspecified atom stereocenters. The van der Waals surface area contributed by atoms with Crippen molar-refractivity contribution < 1.29 is 14.5 Å². The summed E-state index contributed by atoms with van der Waals surface area (Å²) in [6, 6.07) is 8.33. The standard InChI is InChI=1S/C22H24N4O4S/c1-13-9-14(2)20(15(3)10-13)19-12-31-22(24-19)25-21(27)17-11-16(26(28)29)5-6-18(17)23-7-8-30-4/h5-6,9-12,23H,7-8H2,1-4H3,(H,24,25,27). The van der Waals surface area contributed by atoms with E-state index in [9.17, 15) is 14.9 Å². The molecular formula is C22H24N4O4S. The Bertz CT molecular complexity index is 1100. The molecule has 0 fully saturated rings. The highest BCUT2D eigenvalue weighted by atomic mass is 32.1. The summed E-state index contributed by atoms with van der Waals surface area (Å²) >= 11 is 1.31. The number of ether oxygens (including phenoxy) is 1. The van der Waals surface area contributed by atoms with Crippen molar-refractivity contribution in [2.24, 2.45) is 0 Å². The van der Waals surface area contributed by atoms with Crippen LogP contribution in [0.2, 0.25) is 0 Å². The number of non-ortho nitro benzene ring substituents is 1. The fraction of sp³-hybridized carbons (Fsp3) is 0.273. The summed E-state index contributed by atoms with van der Waals surface area (Å²) in [5.74, 6) is -0.470. The van der Waals surface area contributed by atoms with Gasteiger partial charge >= 0.3 is 0 Å². The Morgan fingerprint density at radius 3 is 2.55 bits per heavy atom. The normalized spacial score (nSPS) is 10.7. The van der Waals surface area contributed by atoms with Crippen molar-refractivity contribution in [3.63, 3.8) is 0 Å². The zero-order valence-corrected chi connectivity index (χ0v) is 18.6. The molecule has 162 valence electrons. The minimum absolute atomic E-state index is 0.159. The minimum atomic E-state index is -0.528. The van der Waals surface area contributed by atoms with Crippen molar-refractivity contribution >= 4 is 33.8 Å². The van der Waals surface area contributed by atoms with Gasteiger partial charge in [-0.2, -0.15) is 0 Å². The number of nitrogens with zero attached hydrogens (tertiary/aromatic N) is 2. The van der Waals surface area contributed by atoms with Crippen molar-refractivity contribution in [1.29, 1.82) is 0 Å². The molecule has 0 bridgehead atoms. The fourth-order valence-corrected chi connectivity index (χ4v) is 4.17. The number of amides is 1. The van der Waals surface area contributed by atoms with Gasteiger partial charge in [0.1, 0.15) is 0 Å². The number of aromatic nitrogens is 1. The quantitative estimate of drug-likeness (QED) is 0.291. The first-order chi connectivity index (χ1) is 14.8. The number of hydrogen-bond donors (Lipinski definition) is 2. The van der Waals surface area contributed by atoms with E-state index in [2.05, 4.69) is 27.8 Å². The lowest BCUT2D eigenvalue weighted by atomic mass is 9.98. The van der Waals surface area contributed by atoms with Gasteiger partial charge < -0.3 is 10.1 Å². The molecule has 3 aromatic rings. The van der Waals surface area contributed by atoms with Gasteiger partial charge in [-0.05, 0) is 38.0 Å². The van der Waals surface area contributed by atoms with Crippen LogP contribution in [0.4, 0.5) is 16.5 Å². The SMILES string of the molecule is COCCNc1ccc([N+](=O)[O-])cc1C(=O)Nc1nc(-c2c(C)cc(C)cc2C)cs1. The van der Waals surface area contributed by atoms with Crippen molar-refractivity contribution in [1.82, 2.24) is 4.98 Å². The van der Waals surface area contributed by atoms with Crippen LogP contribution < -0.4 is 10.6 Å². The molecule has 0 aliphatic heterocycles. The number of carbonyl (C=O) groups excluding carboxylic acids is 1. The largest absolute Gasteiger partial charge is 0.383 e. The van der Waals surface area contributed by atoms with E-state index < -0.39 is 10.8 Å². The van der Waals surface area contributed by atoms with Gasteiger partial charge in [0.2, 0.25) is 0 Å². The monoisotopic (exact) mass is 440 g/mol. The topological polar surface area (TPSA) is 106 Å². The van der Waals surface area contributed by atoms with Crippen LogP contribution in [0.3, 0.4) is 0 Å². The maximum atomic E-state index is 12.9. The summed E-state index contributed by atoms with van der Waals surface area (Å²) in [7, 11) is 1.57. The average Bonchev–Trinajstić information content (AvgIpc) is 3.15. The number of rotatable bonds is 8. The second-order valence-corrected chi connectivity index (χ2v) is 8.03. The number of aryl methyl sites for hydroxylation is 3. The summed E-state index contributed by atoms with van der Waals surface area (Å²) in [6.45, 7) is 7.01. The van der Waals surface area contributed by atoms with E-state index in [4.69, 9.17) is 4.74 Å². The predicted octanol–water partition coefficient (Wildman–Crippen LogP) is 4.95. The smallest absolute Gasteiger partial charge is 0.270 e. The Balaban J connectivity index is 1.87. The van der Waals surface area contributed by atoms with Crippen LogP contribution in [0.25, 0.3) is 11.3 Å². The zero-order chi connectivity index (χ0) is 22.5. The molecular weight excluding hydrogens is 416 g/mol. The molecule has 9 heteroatoms. The molecule has 31 heavy (non-hydrogen) atoms. The summed E-state index contributed by atoms with van der Waals surface area (Å²) in [4.78, 5) is 28.1. The summed E-state index contributed by atoms with van der Waals surface area (Å²) in [6.07, 6.45) is 0. The van der Waals surface area contributed by atoms with E-state index in [1.807, 2.05) is 26.2 Å². The van der Waals surface area contributed by atoms with Crippen LogP contribution in [-0.4, -0.2) is 36.1 Å². The van der Waals surface area contributed by atoms with Gasteiger partial charge in [0, 0.05) is 42.4 Å². The maximum absolute atomic E-state index is 12.9. The average molecular weight is 441 g/mol. The van der Waals surface area contributed by atoms with E-state index in [0.717, 1.165) is 22.4 Å². The van der Waals surface area contributed by atoms with Gasteiger partial charge in [-0.1, -0.05) is 17.7 Å². The third-order valence-electron chi connectivity index (χ3n) is 4.74. The van der Waals surface area contributed by atoms with Gasteiger partial charge in [0.15, 0.2) is 5.13 Å². The molecule has 0 atom stereocenters. The molecule has 1 aromatic heterocycles. The zero-order valence-electron chi connectivity index (χ0n) is 17.8. The number of carbonyl (C=O) groups is 1. The molecule has 3 rings (SSSR count). The van der Waals surface area contributed by atoms with Crippen LogP contribution in [0.15, 0.2) is 35.7 Å². The Morgan fingerprint density at radius 1 is 1.19 bits per heavy atom. The molecule has 2 N–H and O–H groups in total. The first-order valence-corrected chi connectivity index (χ1v) is 10.5. The Hall–Kier alpha value is -3.30. The molecule has 0 radical (unpaired) electrons. The molecule has 0 saturated carbocycles. The summed E-state index contributed by atoms with van der Waals surface area (Å²) < 4.78 is 5.01. The molecule has 1 heterocycles.